The first-order valence-corrected chi connectivity index (χ1v) is 7.90. The fraction of sp³-hybridized carbons (Fsp3) is 0.0556. The molecule has 1 amide bonds. The number of hydrogen-bond acceptors (Lipinski definition) is 5. The number of carbonyl (C=O) groups is 1. The number of carbonyl (C=O) groups excluding carboxylic acids is 1. The highest BCUT2D eigenvalue weighted by molar-refractivity contribution is 5.90. The van der Waals surface area contributed by atoms with Gasteiger partial charge in [0.1, 0.15) is 19.2 Å². The number of benzene rings is 2. The molecule has 4 rings (SSSR count). The van der Waals surface area contributed by atoms with Gasteiger partial charge < -0.3 is 5.32 Å². The lowest BCUT2D eigenvalue weighted by atomic mass is 10.2. The summed E-state index contributed by atoms with van der Waals surface area (Å²) in [6, 6.07) is 14.3. The minimum absolute atomic E-state index is 0.158. The van der Waals surface area contributed by atoms with Crippen molar-refractivity contribution in [3.05, 3.63) is 77.7 Å². The number of hydrogen-bond donors (Lipinski definition) is 1. The van der Waals surface area contributed by atoms with Gasteiger partial charge >= 0.3 is 0 Å². The van der Waals surface area contributed by atoms with E-state index >= 15 is 0 Å². The van der Waals surface area contributed by atoms with Crippen LogP contribution < -0.4 is 10.9 Å². The van der Waals surface area contributed by atoms with Crippen LogP contribution in [-0.4, -0.2) is 30.5 Å². The Balaban J connectivity index is 1.49. The fourth-order valence-electron chi connectivity index (χ4n) is 2.62. The first kappa shape index (κ1) is 15.7. The highest BCUT2D eigenvalue weighted by Crippen LogP contribution is 2.12. The third-order valence-electron chi connectivity index (χ3n) is 3.89. The van der Waals surface area contributed by atoms with Crippen molar-refractivity contribution in [3.63, 3.8) is 0 Å². The Morgan fingerprint density at radius 1 is 1.04 bits per heavy atom. The number of rotatable bonds is 4. The standard InChI is InChI=1S/C18H14N6O2/c25-17(10-23-18(26)16-4-2-1-3-13(16)9-20-23)22-14-5-7-15(8-6-14)24-12-19-11-21-24/h1-9,11-12H,10H2,(H,22,25). The van der Waals surface area contributed by atoms with Crippen molar-refractivity contribution in [3.8, 4) is 5.69 Å². The maximum Gasteiger partial charge on any atom is 0.275 e. The van der Waals surface area contributed by atoms with Crippen molar-refractivity contribution >= 4 is 22.4 Å². The minimum Gasteiger partial charge on any atom is -0.324 e. The number of nitrogens with one attached hydrogen (secondary N) is 1. The first-order valence-electron chi connectivity index (χ1n) is 7.90. The van der Waals surface area contributed by atoms with E-state index in [1.54, 1.807) is 41.5 Å². The second kappa shape index (κ2) is 6.60. The molecule has 0 aliphatic carbocycles. The molecule has 0 atom stereocenters. The Kier molecular flexibility index (Phi) is 3.98. The molecule has 128 valence electrons. The molecule has 2 heterocycles. The lowest BCUT2D eigenvalue weighted by molar-refractivity contribution is -0.117. The van der Waals surface area contributed by atoms with Gasteiger partial charge in [0.15, 0.2) is 0 Å². The first-order chi connectivity index (χ1) is 12.7. The Bertz CT molecular complexity index is 1120. The maximum absolute atomic E-state index is 12.4. The molecule has 0 aliphatic rings. The Morgan fingerprint density at radius 3 is 2.62 bits per heavy atom. The van der Waals surface area contributed by atoms with Crippen LogP contribution in [0.4, 0.5) is 5.69 Å². The average Bonchev–Trinajstić information content (AvgIpc) is 3.20. The summed E-state index contributed by atoms with van der Waals surface area (Å²) in [6.45, 7) is -0.158. The molecule has 0 fully saturated rings. The molecule has 0 saturated heterocycles. The smallest absolute Gasteiger partial charge is 0.275 e. The largest absolute Gasteiger partial charge is 0.324 e. The van der Waals surface area contributed by atoms with Crippen LogP contribution in [0.5, 0.6) is 0 Å². The van der Waals surface area contributed by atoms with E-state index in [0.29, 0.717) is 11.1 Å². The molecule has 0 radical (unpaired) electrons. The molecule has 0 aliphatic heterocycles. The molecule has 1 N–H and O–H groups in total. The van der Waals surface area contributed by atoms with Gasteiger partial charge in [-0.15, -0.1) is 0 Å². The summed E-state index contributed by atoms with van der Waals surface area (Å²) in [6.07, 6.45) is 4.62. The highest BCUT2D eigenvalue weighted by atomic mass is 16.2. The molecular formula is C18H14N6O2. The van der Waals surface area contributed by atoms with Crippen molar-refractivity contribution in [1.82, 2.24) is 24.5 Å². The van der Waals surface area contributed by atoms with Crippen molar-refractivity contribution in [2.45, 2.75) is 6.54 Å². The Morgan fingerprint density at radius 2 is 1.85 bits per heavy atom. The zero-order valence-electron chi connectivity index (χ0n) is 13.6. The Labute approximate surface area is 147 Å². The monoisotopic (exact) mass is 346 g/mol. The second-order valence-electron chi connectivity index (χ2n) is 5.63. The third-order valence-corrected chi connectivity index (χ3v) is 3.89. The molecule has 8 nitrogen and oxygen atoms in total. The molecule has 0 bridgehead atoms. The van der Waals surface area contributed by atoms with Gasteiger partial charge in [-0.25, -0.2) is 14.3 Å². The Hall–Kier alpha value is -3.81. The predicted octanol–water partition coefficient (Wildman–Crippen LogP) is 1.62. The lowest BCUT2D eigenvalue weighted by Crippen LogP contribution is -2.29. The van der Waals surface area contributed by atoms with Gasteiger partial charge in [-0.05, 0) is 30.3 Å². The van der Waals surface area contributed by atoms with Crippen molar-refractivity contribution < 1.29 is 4.79 Å². The van der Waals surface area contributed by atoms with Crippen molar-refractivity contribution in [2.24, 2.45) is 0 Å². The van der Waals surface area contributed by atoms with E-state index in [1.807, 2.05) is 24.3 Å². The van der Waals surface area contributed by atoms with Crippen LogP contribution in [0.15, 0.2) is 72.2 Å². The van der Waals surface area contributed by atoms with Crippen LogP contribution in [0, 0.1) is 0 Å². The molecule has 26 heavy (non-hydrogen) atoms. The number of amides is 1. The number of nitrogens with zero attached hydrogens (tertiary/aromatic N) is 5. The quantitative estimate of drug-likeness (QED) is 0.606. The minimum atomic E-state index is -0.330. The van der Waals surface area contributed by atoms with Gasteiger partial charge in [-0.3, -0.25) is 9.59 Å². The van der Waals surface area contributed by atoms with Crippen molar-refractivity contribution in [2.75, 3.05) is 5.32 Å². The van der Waals surface area contributed by atoms with Crippen LogP contribution in [0.1, 0.15) is 0 Å². The summed E-state index contributed by atoms with van der Waals surface area (Å²) in [5.74, 6) is -0.330. The van der Waals surface area contributed by atoms with E-state index in [1.165, 1.54) is 6.33 Å². The molecule has 2 aromatic heterocycles. The molecule has 2 aromatic carbocycles. The number of aromatic nitrogens is 5. The van der Waals surface area contributed by atoms with E-state index in [0.717, 1.165) is 15.8 Å². The zero-order chi connectivity index (χ0) is 17.9. The molecular weight excluding hydrogens is 332 g/mol. The maximum atomic E-state index is 12.4. The normalized spacial score (nSPS) is 10.8. The van der Waals surface area contributed by atoms with Gasteiger partial charge in [0.2, 0.25) is 5.91 Å². The molecule has 0 unspecified atom stereocenters. The summed E-state index contributed by atoms with van der Waals surface area (Å²) in [5, 5.41) is 12.1. The molecule has 4 aromatic rings. The molecule has 8 heteroatoms. The SMILES string of the molecule is O=C(Cn1ncc2ccccc2c1=O)Nc1ccc(-n2cncn2)cc1. The van der Waals surface area contributed by atoms with Crippen LogP contribution >= 0.6 is 0 Å². The van der Waals surface area contributed by atoms with E-state index < -0.39 is 0 Å². The zero-order valence-corrected chi connectivity index (χ0v) is 13.6. The highest BCUT2D eigenvalue weighted by Gasteiger charge is 2.09. The average molecular weight is 346 g/mol. The number of fused-ring (bicyclic) bond motifs is 1. The third kappa shape index (κ3) is 3.07. The number of anilines is 1. The van der Waals surface area contributed by atoms with Gasteiger partial charge in [0.25, 0.3) is 5.56 Å². The summed E-state index contributed by atoms with van der Waals surface area (Å²) >= 11 is 0. The van der Waals surface area contributed by atoms with Crippen LogP contribution in [-0.2, 0) is 11.3 Å². The summed E-state index contributed by atoms with van der Waals surface area (Å²) in [4.78, 5) is 28.5. The van der Waals surface area contributed by atoms with Gasteiger partial charge in [0.05, 0.1) is 17.3 Å². The molecule has 0 spiro atoms. The summed E-state index contributed by atoms with van der Waals surface area (Å²) in [7, 11) is 0. The molecule has 0 saturated carbocycles. The summed E-state index contributed by atoms with van der Waals surface area (Å²) < 4.78 is 2.77. The van der Waals surface area contributed by atoms with E-state index in [9.17, 15) is 9.59 Å². The van der Waals surface area contributed by atoms with Gasteiger partial charge in [-0.2, -0.15) is 10.2 Å². The van der Waals surface area contributed by atoms with Gasteiger partial charge in [-0.1, -0.05) is 18.2 Å². The fourth-order valence-corrected chi connectivity index (χ4v) is 2.62. The van der Waals surface area contributed by atoms with Crippen LogP contribution in [0.2, 0.25) is 0 Å². The van der Waals surface area contributed by atoms with E-state index in [2.05, 4.69) is 20.5 Å². The second-order valence-corrected chi connectivity index (χ2v) is 5.63. The van der Waals surface area contributed by atoms with E-state index in [4.69, 9.17) is 0 Å². The van der Waals surface area contributed by atoms with Crippen molar-refractivity contribution in [1.29, 1.82) is 0 Å². The van der Waals surface area contributed by atoms with Gasteiger partial charge in [0, 0.05) is 11.1 Å². The van der Waals surface area contributed by atoms with Crippen LogP contribution in [0.3, 0.4) is 0 Å². The topological polar surface area (TPSA) is 94.7 Å². The predicted molar refractivity (Wildman–Crippen MR) is 96.0 cm³/mol. The summed E-state index contributed by atoms with van der Waals surface area (Å²) in [5.41, 5.74) is 1.15. The van der Waals surface area contributed by atoms with E-state index in [-0.39, 0.29) is 18.0 Å². The lowest BCUT2D eigenvalue weighted by Gasteiger charge is -2.08. The van der Waals surface area contributed by atoms with Crippen LogP contribution in [0.25, 0.3) is 16.5 Å².